The van der Waals surface area contributed by atoms with Crippen molar-refractivity contribution in [2.75, 3.05) is 30.5 Å². The molecule has 2 amide bonds. The highest BCUT2D eigenvalue weighted by Gasteiger charge is 2.52. The van der Waals surface area contributed by atoms with Crippen molar-refractivity contribution in [2.45, 2.75) is 69.7 Å². The van der Waals surface area contributed by atoms with Crippen molar-refractivity contribution in [3.8, 4) is 6.07 Å². The molecule has 2 unspecified atom stereocenters. The molecule has 3 aliphatic heterocycles. The number of rotatable bonds is 9. The first-order valence-electron chi connectivity index (χ1n) is 18.6. The molecule has 22 nitrogen and oxygen atoms in total. The van der Waals surface area contributed by atoms with E-state index in [1.165, 1.54) is 17.2 Å². The number of imidazole rings is 2. The summed E-state index contributed by atoms with van der Waals surface area (Å²) in [7, 11) is 0. The zero-order chi connectivity index (χ0) is 43.1. The maximum absolute atomic E-state index is 16.5. The maximum atomic E-state index is 16.5. The number of carbonyl (C=O) groups is 2. The van der Waals surface area contributed by atoms with Gasteiger partial charge in [0.1, 0.15) is 30.9 Å². The van der Waals surface area contributed by atoms with Gasteiger partial charge in [-0.3, -0.25) is 38.3 Å². The van der Waals surface area contributed by atoms with Gasteiger partial charge < -0.3 is 37.8 Å². The number of alkyl halides is 1. The number of benzene rings is 1. The van der Waals surface area contributed by atoms with E-state index in [0.29, 0.717) is 11.2 Å². The Kier molecular flexibility index (Phi) is 12.5. The van der Waals surface area contributed by atoms with Gasteiger partial charge in [0.15, 0.2) is 40.5 Å². The Morgan fingerprint density at radius 2 is 1.77 bits per heavy atom. The predicted octanol–water partition coefficient (Wildman–Crippen LogP) is 3.52. The zero-order valence-electron chi connectivity index (χ0n) is 32.0. The SMILES string of the molecule is CC(C)C(=O)Nc1nc2c(ncn2[C@@H]2O[C@@H]3COP(=S)(OCCC#N)O[C@H]4C[C@H](n5cnc6c(NC(=O)c7ccccc7)ncnc65)O[C@@H]4COP(O)(=S)O[C@@H]2[C@@H]3F)c(=O)[nH]1. The number of nitrogens with zero attached hydrogens (tertiary/aromatic N) is 8. The molecule has 0 saturated carbocycles. The number of halogens is 1. The third kappa shape index (κ3) is 9.17. The van der Waals surface area contributed by atoms with E-state index in [9.17, 15) is 24.5 Å². The summed E-state index contributed by atoms with van der Waals surface area (Å²) < 4.78 is 61.7. The van der Waals surface area contributed by atoms with Gasteiger partial charge in [-0.2, -0.15) is 10.2 Å². The van der Waals surface area contributed by atoms with Crippen LogP contribution in [0.4, 0.5) is 16.2 Å². The number of aromatic nitrogens is 8. The molecule has 0 aliphatic carbocycles. The summed E-state index contributed by atoms with van der Waals surface area (Å²) in [5.74, 6) is -1.35. The Bertz CT molecular complexity index is 2670. The molecular weight excluding hydrogens is 884 g/mol. The number of carbonyl (C=O) groups excluding carboxylic acids is 2. The average molecular weight is 920 g/mol. The second-order valence-electron chi connectivity index (χ2n) is 14.1. The molecule has 3 fully saturated rings. The topological polar surface area (TPSA) is 274 Å². The minimum absolute atomic E-state index is 0.0591. The Morgan fingerprint density at radius 1 is 1.02 bits per heavy atom. The molecular formula is C34H36FN11O11P2S2. The summed E-state index contributed by atoms with van der Waals surface area (Å²) in [5, 5.41) is 14.5. The van der Waals surface area contributed by atoms with Crippen molar-refractivity contribution in [3.63, 3.8) is 0 Å². The van der Waals surface area contributed by atoms with E-state index in [4.69, 9.17) is 55.7 Å². The number of nitriles is 1. The average Bonchev–Trinajstić information content (AvgIpc) is 4.02. The van der Waals surface area contributed by atoms with Crippen LogP contribution in [-0.4, -0.2) is 106 Å². The molecule has 4 aromatic heterocycles. The van der Waals surface area contributed by atoms with Gasteiger partial charge in [-0.25, -0.2) is 24.3 Å². The lowest BCUT2D eigenvalue weighted by molar-refractivity contribution is -0.118. The summed E-state index contributed by atoms with van der Waals surface area (Å²) in [6.45, 7) is -6.16. The van der Waals surface area contributed by atoms with Crippen LogP contribution >= 0.6 is 13.4 Å². The number of H-pyrrole nitrogens is 1. The van der Waals surface area contributed by atoms with Gasteiger partial charge in [-0.15, -0.1) is 0 Å². The quantitative estimate of drug-likeness (QED) is 0.122. The molecule has 4 N–H and O–H groups in total. The number of hydrogen-bond donors (Lipinski definition) is 4. The van der Waals surface area contributed by atoms with E-state index in [0.717, 1.165) is 6.33 Å². The van der Waals surface area contributed by atoms with E-state index in [1.807, 2.05) is 6.07 Å². The van der Waals surface area contributed by atoms with Gasteiger partial charge in [-0.1, -0.05) is 32.0 Å². The monoisotopic (exact) mass is 919 g/mol. The normalized spacial score (nSPS) is 29.3. The summed E-state index contributed by atoms with van der Waals surface area (Å²) >= 11 is 11.2. The van der Waals surface area contributed by atoms with E-state index in [2.05, 4.69) is 40.5 Å². The molecule has 7 heterocycles. The minimum atomic E-state index is -4.36. The van der Waals surface area contributed by atoms with Gasteiger partial charge in [0.05, 0.1) is 51.1 Å². The van der Waals surface area contributed by atoms with Crippen LogP contribution in [-0.2, 0) is 60.5 Å². The van der Waals surface area contributed by atoms with E-state index in [-0.39, 0.29) is 47.9 Å². The Hall–Kier alpha value is -4.54. The molecule has 0 radical (unpaired) electrons. The number of fused-ring (bicyclic) bond motifs is 5. The van der Waals surface area contributed by atoms with Crippen LogP contribution in [0.25, 0.3) is 22.3 Å². The van der Waals surface area contributed by atoms with Crippen LogP contribution in [0.5, 0.6) is 0 Å². The Balaban J connectivity index is 1.08. The van der Waals surface area contributed by atoms with Crippen LogP contribution in [0.2, 0.25) is 0 Å². The van der Waals surface area contributed by atoms with Crippen molar-refractivity contribution in [1.82, 2.24) is 39.0 Å². The van der Waals surface area contributed by atoms with Crippen molar-refractivity contribution in [2.24, 2.45) is 5.92 Å². The molecule has 322 valence electrons. The standard InChI is InChI=1S/C34H36FN11O11P2S2/c1-17(2)30(47)43-34-42-29-25(32(49)44-34)40-16-46(29)33-26-23(35)21(55-33)13-53-59(61,51-10-6-9-36)56-19-11-22(54-20(19)12-52-58(50,60)57-26)45-15-39-24-27(37-14-38-28(24)45)41-31(48)18-7-4-3-5-8-18/h3-5,7-8,14-17,19-23,26,33H,6,10-13H2,1-2H3,(H,50,60)(H,37,38,41,48)(H2,42,43,44,47,49)/t19-,20+,21+,22+,23+,26+,33+,58?,59?/m0/s1. The van der Waals surface area contributed by atoms with Crippen molar-refractivity contribution >= 4 is 83.0 Å². The molecule has 3 saturated heterocycles. The Labute approximate surface area is 354 Å². The first-order valence-corrected chi connectivity index (χ1v) is 23.7. The first-order chi connectivity index (χ1) is 29.2. The minimum Gasteiger partial charge on any atom is -0.349 e. The fourth-order valence-corrected chi connectivity index (χ4v) is 10.2. The van der Waals surface area contributed by atoms with E-state index >= 15 is 4.39 Å². The van der Waals surface area contributed by atoms with E-state index in [1.54, 1.807) is 48.7 Å². The highest BCUT2D eigenvalue weighted by molar-refractivity contribution is 8.07. The lowest BCUT2D eigenvalue weighted by Crippen LogP contribution is -2.32. The van der Waals surface area contributed by atoms with Gasteiger partial charge in [0.2, 0.25) is 11.9 Å². The number of ether oxygens (including phenoxy) is 2. The number of nitrogens with one attached hydrogen (secondary N) is 3. The van der Waals surface area contributed by atoms with Crippen LogP contribution in [0.15, 0.2) is 54.1 Å². The van der Waals surface area contributed by atoms with Gasteiger partial charge in [0, 0.05) is 17.9 Å². The summed E-state index contributed by atoms with van der Waals surface area (Å²) in [4.78, 5) is 73.7. The summed E-state index contributed by atoms with van der Waals surface area (Å²) in [5.41, 5.74) is -0.0458. The first kappa shape index (κ1) is 43.1. The lowest BCUT2D eigenvalue weighted by atomic mass is 10.1. The van der Waals surface area contributed by atoms with Crippen LogP contribution in [0.1, 0.15) is 49.5 Å². The molecule has 27 heteroatoms. The zero-order valence-corrected chi connectivity index (χ0v) is 35.4. The highest BCUT2D eigenvalue weighted by Crippen LogP contribution is 2.56. The van der Waals surface area contributed by atoms with Crippen molar-refractivity contribution in [1.29, 1.82) is 5.26 Å². The van der Waals surface area contributed by atoms with E-state index < -0.39 is 93.0 Å². The van der Waals surface area contributed by atoms with Gasteiger partial charge in [0.25, 0.3) is 11.5 Å². The molecule has 5 aromatic rings. The molecule has 9 atom stereocenters. The molecule has 1 aromatic carbocycles. The van der Waals surface area contributed by atoms with Crippen LogP contribution in [0, 0.1) is 17.2 Å². The molecule has 8 rings (SSSR count). The van der Waals surface area contributed by atoms with Crippen LogP contribution in [0.3, 0.4) is 0 Å². The summed E-state index contributed by atoms with van der Waals surface area (Å²) in [6, 6.07) is 10.5. The molecule has 61 heavy (non-hydrogen) atoms. The number of anilines is 2. The Morgan fingerprint density at radius 3 is 2.54 bits per heavy atom. The van der Waals surface area contributed by atoms with Gasteiger partial charge >= 0.3 is 13.4 Å². The van der Waals surface area contributed by atoms with Crippen molar-refractivity contribution < 1.29 is 51.0 Å². The second-order valence-corrected chi connectivity index (χ2v) is 19.8. The molecule has 0 spiro atoms. The smallest absolute Gasteiger partial charge is 0.327 e. The fraction of sp³-hybridized carbons (Fsp3) is 0.441. The molecule has 3 aliphatic rings. The lowest BCUT2D eigenvalue weighted by Gasteiger charge is -2.29. The largest absolute Gasteiger partial charge is 0.349 e. The molecule has 2 bridgehead atoms. The number of hydrogen-bond acceptors (Lipinski definition) is 18. The predicted molar refractivity (Wildman–Crippen MR) is 217 cm³/mol. The fourth-order valence-electron chi connectivity index (χ4n) is 6.64. The third-order valence-electron chi connectivity index (χ3n) is 9.64. The van der Waals surface area contributed by atoms with Gasteiger partial charge in [-0.05, 0) is 35.7 Å². The second kappa shape index (κ2) is 17.7. The third-order valence-corrected chi connectivity index (χ3v) is 13.6. The maximum Gasteiger partial charge on any atom is 0.327 e. The number of aromatic amines is 1. The van der Waals surface area contributed by atoms with Crippen molar-refractivity contribution in [3.05, 3.63) is 65.2 Å². The van der Waals surface area contributed by atoms with Crippen LogP contribution < -0.4 is 16.2 Å². The number of amides is 2. The highest BCUT2D eigenvalue weighted by atomic mass is 32.5. The summed E-state index contributed by atoms with van der Waals surface area (Å²) in [6.07, 6.45) is -5.74.